The summed E-state index contributed by atoms with van der Waals surface area (Å²) in [5.41, 5.74) is 0. The van der Waals surface area contributed by atoms with Gasteiger partial charge in [0.2, 0.25) is 5.91 Å². The fourth-order valence-electron chi connectivity index (χ4n) is 2.29. The Morgan fingerprint density at radius 1 is 1.00 bits per heavy atom. The van der Waals surface area contributed by atoms with Gasteiger partial charge in [-0.2, -0.15) is 0 Å². The van der Waals surface area contributed by atoms with Crippen molar-refractivity contribution in [1.82, 2.24) is 10.6 Å². The average Bonchev–Trinajstić information content (AvgIpc) is 2.58. The van der Waals surface area contributed by atoms with Crippen molar-refractivity contribution in [3.8, 4) is 0 Å². The second-order valence-electron chi connectivity index (χ2n) is 5.50. The highest BCUT2D eigenvalue weighted by molar-refractivity contribution is 5.77. The van der Waals surface area contributed by atoms with Crippen LogP contribution in [0.5, 0.6) is 0 Å². The van der Waals surface area contributed by atoms with Crippen molar-refractivity contribution >= 4 is 5.91 Å². The van der Waals surface area contributed by atoms with Crippen molar-refractivity contribution in [2.45, 2.75) is 30.4 Å². The zero-order valence-electron chi connectivity index (χ0n) is 13.8. The first-order valence-corrected chi connectivity index (χ1v) is 7.83. The van der Waals surface area contributed by atoms with E-state index in [0.717, 1.165) is 0 Å². The van der Waals surface area contributed by atoms with Gasteiger partial charge in [-0.1, -0.05) is 0 Å². The third kappa shape index (κ3) is 6.95. The molecule has 1 unspecified atom stereocenters. The molecule has 0 aliphatic carbocycles. The van der Waals surface area contributed by atoms with E-state index >= 15 is 0 Å². The van der Waals surface area contributed by atoms with Gasteiger partial charge in [-0.15, -0.1) is 0 Å². The SMILES string of the molecule is COCCOCCOCC(=O)NC[C@H]1NC(CO)[C@@H](O)[C@H](O)[C@H]1O. The summed E-state index contributed by atoms with van der Waals surface area (Å²) in [6, 6.07) is -1.47. The Morgan fingerprint density at radius 2 is 1.62 bits per heavy atom. The van der Waals surface area contributed by atoms with Gasteiger partial charge in [0.15, 0.2) is 0 Å². The number of aliphatic hydroxyl groups is 4. The molecule has 1 amide bonds. The zero-order valence-corrected chi connectivity index (χ0v) is 13.8. The third-order valence-corrected chi connectivity index (χ3v) is 3.71. The molecule has 6 N–H and O–H groups in total. The Bertz CT molecular complexity index is 358. The van der Waals surface area contributed by atoms with Crippen molar-refractivity contribution in [3.05, 3.63) is 0 Å². The molecule has 10 heteroatoms. The molecule has 0 bridgehead atoms. The molecule has 1 saturated heterocycles. The molecule has 142 valence electrons. The van der Waals surface area contributed by atoms with Gasteiger partial charge in [-0.25, -0.2) is 0 Å². The van der Waals surface area contributed by atoms with Crippen LogP contribution >= 0.6 is 0 Å². The number of nitrogens with one attached hydrogen (secondary N) is 2. The summed E-state index contributed by atoms with van der Waals surface area (Å²) in [5, 5.41) is 43.8. The van der Waals surface area contributed by atoms with Crippen LogP contribution < -0.4 is 10.6 Å². The Hall–Kier alpha value is -0.850. The topological polar surface area (TPSA) is 150 Å². The molecule has 1 aliphatic heterocycles. The second kappa shape index (κ2) is 11.7. The summed E-state index contributed by atoms with van der Waals surface area (Å²) in [5.74, 6) is -0.387. The maximum atomic E-state index is 11.7. The first kappa shape index (κ1) is 21.2. The van der Waals surface area contributed by atoms with E-state index in [1.54, 1.807) is 7.11 Å². The van der Waals surface area contributed by atoms with Crippen LogP contribution in [0.25, 0.3) is 0 Å². The number of methoxy groups -OCH3 is 1. The van der Waals surface area contributed by atoms with Crippen molar-refractivity contribution in [1.29, 1.82) is 0 Å². The van der Waals surface area contributed by atoms with E-state index in [4.69, 9.17) is 19.3 Å². The van der Waals surface area contributed by atoms with Gasteiger partial charge in [0.25, 0.3) is 0 Å². The van der Waals surface area contributed by atoms with Gasteiger partial charge in [-0.3, -0.25) is 4.79 Å². The van der Waals surface area contributed by atoms with Crippen LogP contribution in [0.4, 0.5) is 0 Å². The van der Waals surface area contributed by atoms with Gasteiger partial charge in [0, 0.05) is 13.7 Å². The smallest absolute Gasteiger partial charge is 0.246 e. The van der Waals surface area contributed by atoms with E-state index in [9.17, 15) is 20.1 Å². The highest BCUT2D eigenvalue weighted by Crippen LogP contribution is 2.15. The summed E-state index contributed by atoms with van der Waals surface area (Å²) in [7, 11) is 1.57. The molecule has 0 aromatic rings. The minimum atomic E-state index is -1.40. The lowest BCUT2D eigenvalue weighted by atomic mass is 9.90. The first-order valence-electron chi connectivity index (χ1n) is 7.83. The Balaban J connectivity index is 2.19. The Labute approximate surface area is 140 Å². The van der Waals surface area contributed by atoms with Crippen LogP contribution in [0.2, 0.25) is 0 Å². The highest BCUT2D eigenvalue weighted by atomic mass is 16.5. The molecular formula is C14H28N2O8. The quantitative estimate of drug-likeness (QED) is 0.206. The Morgan fingerprint density at radius 3 is 2.29 bits per heavy atom. The molecule has 0 radical (unpaired) electrons. The fourth-order valence-corrected chi connectivity index (χ4v) is 2.29. The van der Waals surface area contributed by atoms with E-state index in [1.807, 2.05) is 0 Å². The predicted molar refractivity (Wildman–Crippen MR) is 82.3 cm³/mol. The monoisotopic (exact) mass is 352 g/mol. The number of carbonyl (C=O) groups excluding carboxylic acids is 1. The van der Waals surface area contributed by atoms with E-state index in [1.165, 1.54) is 0 Å². The largest absolute Gasteiger partial charge is 0.395 e. The van der Waals surface area contributed by atoms with Gasteiger partial charge in [-0.05, 0) is 0 Å². The first-order chi connectivity index (χ1) is 11.5. The number of hydrogen-bond acceptors (Lipinski definition) is 9. The number of hydrogen-bond donors (Lipinski definition) is 6. The molecule has 5 atom stereocenters. The van der Waals surface area contributed by atoms with Crippen molar-refractivity contribution in [2.75, 3.05) is 53.3 Å². The van der Waals surface area contributed by atoms with Crippen LogP contribution in [0.15, 0.2) is 0 Å². The standard InChI is InChI=1S/C14H28N2O8/c1-22-2-3-23-4-5-24-8-11(18)15-6-9-12(19)14(21)13(20)10(7-17)16-9/h9-10,12-14,16-17,19-21H,2-8H2,1H3,(H,15,18)/t9-,10?,12+,13-,14-/m1/s1. The fraction of sp³-hybridized carbons (Fsp3) is 0.929. The number of piperidine rings is 1. The van der Waals surface area contributed by atoms with Crippen LogP contribution in [0.1, 0.15) is 0 Å². The lowest BCUT2D eigenvalue weighted by Gasteiger charge is -2.41. The second-order valence-corrected chi connectivity index (χ2v) is 5.50. The molecule has 10 nitrogen and oxygen atoms in total. The summed E-state index contributed by atoms with van der Waals surface area (Å²) in [4.78, 5) is 11.7. The number of amides is 1. The van der Waals surface area contributed by atoms with Gasteiger partial charge in [0.1, 0.15) is 12.7 Å². The van der Waals surface area contributed by atoms with Crippen LogP contribution in [0.3, 0.4) is 0 Å². The molecule has 0 aromatic heterocycles. The van der Waals surface area contributed by atoms with Gasteiger partial charge in [0.05, 0.1) is 57.3 Å². The summed E-state index contributed by atoms with van der Waals surface area (Å²) >= 11 is 0. The normalized spacial score (nSPS) is 30.3. The van der Waals surface area contributed by atoms with Gasteiger partial charge >= 0.3 is 0 Å². The lowest BCUT2D eigenvalue weighted by Crippen LogP contribution is -2.68. The van der Waals surface area contributed by atoms with Crippen LogP contribution in [-0.4, -0.2) is 110 Å². The molecule has 1 heterocycles. The summed E-state index contributed by atoms with van der Waals surface area (Å²) < 4.78 is 15.1. The van der Waals surface area contributed by atoms with Crippen LogP contribution in [-0.2, 0) is 19.0 Å². The molecule has 1 aliphatic rings. The number of aliphatic hydroxyl groups excluding tert-OH is 4. The maximum absolute atomic E-state index is 11.7. The molecular weight excluding hydrogens is 324 g/mol. The number of rotatable bonds is 11. The van der Waals surface area contributed by atoms with Crippen molar-refractivity contribution < 1.29 is 39.4 Å². The summed E-state index contributed by atoms with van der Waals surface area (Å²) in [6.45, 7) is 1.02. The van der Waals surface area contributed by atoms with Gasteiger partial charge < -0.3 is 45.3 Å². The van der Waals surface area contributed by atoms with Crippen LogP contribution in [0, 0.1) is 0 Å². The number of ether oxygens (including phenoxy) is 3. The molecule has 1 fully saturated rings. The highest BCUT2D eigenvalue weighted by Gasteiger charge is 2.41. The van der Waals surface area contributed by atoms with Crippen molar-refractivity contribution in [2.24, 2.45) is 0 Å². The Kier molecular flexibility index (Phi) is 10.3. The van der Waals surface area contributed by atoms with E-state index in [0.29, 0.717) is 19.8 Å². The average molecular weight is 352 g/mol. The van der Waals surface area contributed by atoms with E-state index in [-0.39, 0.29) is 25.7 Å². The van der Waals surface area contributed by atoms with E-state index < -0.39 is 37.0 Å². The van der Waals surface area contributed by atoms with Crippen molar-refractivity contribution in [3.63, 3.8) is 0 Å². The molecule has 0 aromatic carbocycles. The minimum Gasteiger partial charge on any atom is -0.395 e. The molecule has 1 rings (SSSR count). The molecule has 0 saturated carbocycles. The molecule has 0 spiro atoms. The number of carbonyl (C=O) groups is 1. The predicted octanol–water partition coefficient (Wildman–Crippen LogP) is -3.80. The minimum absolute atomic E-state index is 0.0218. The van der Waals surface area contributed by atoms with E-state index in [2.05, 4.69) is 10.6 Å². The molecule has 24 heavy (non-hydrogen) atoms. The maximum Gasteiger partial charge on any atom is 0.246 e. The lowest BCUT2D eigenvalue weighted by molar-refractivity contribution is -0.129. The zero-order chi connectivity index (χ0) is 17.9. The third-order valence-electron chi connectivity index (χ3n) is 3.71. The summed E-state index contributed by atoms with van der Waals surface area (Å²) in [6.07, 6.45) is -3.94.